The Bertz CT molecular complexity index is 1020. The fraction of sp³-hybridized carbons (Fsp3) is 0. The van der Waals surface area contributed by atoms with Gasteiger partial charge < -0.3 is 5.32 Å². The van der Waals surface area contributed by atoms with Crippen molar-refractivity contribution in [2.45, 2.75) is 0 Å². The van der Waals surface area contributed by atoms with Gasteiger partial charge in [0.25, 0.3) is 17.7 Å². The molecule has 0 spiro atoms. The average molecular weight is 377 g/mol. The van der Waals surface area contributed by atoms with E-state index in [1.807, 2.05) is 0 Å². The van der Waals surface area contributed by atoms with Crippen LogP contribution < -0.4 is 10.2 Å². The Morgan fingerprint density at radius 3 is 1.89 bits per heavy atom. The molecule has 0 saturated heterocycles. The van der Waals surface area contributed by atoms with Crippen LogP contribution in [0.3, 0.4) is 0 Å². The molecule has 27 heavy (non-hydrogen) atoms. The lowest BCUT2D eigenvalue weighted by Crippen LogP contribution is -2.29. The van der Waals surface area contributed by atoms with Gasteiger partial charge in [0.15, 0.2) is 0 Å². The Labute approximate surface area is 160 Å². The van der Waals surface area contributed by atoms with Crippen LogP contribution in [-0.2, 0) is 0 Å². The zero-order chi connectivity index (χ0) is 19.0. The molecule has 132 valence electrons. The van der Waals surface area contributed by atoms with Crippen molar-refractivity contribution < 1.29 is 14.4 Å². The molecule has 5 nitrogen and oxygen atoms in total. The summed E-state index contributed by atoms with van der Waals surface area (Å²) in [4.78, 5) is 38.5. The van der Waals surface area contributed by atoms with Crippen LogP contribution in [0.25, 0.3) is 0 Å². The van der Waals surface area contributed by atoms with E-state index in [2.05, 4.69) is 5.32 Å². The number of hydrogen-bond donors (Lipinski definition) is 1. The number of anilines is 2. The van der Waals surface area contributed by atoms with E-state index >= 15 is 0 Å². The number of fused-ring (bicyclic) bond motifs is 1. The summed E-state index contributed by atoms with van der Waals surface area (Å²) < 4.78 is 0. The summed E-state index contributed by atoms with van der Waals surface area (Å²) in [5, 5.41) is 3.34. The Kier molecular flexibility index (Phi) is 4.22. The molecule has 6 heteroatoms. The number of benzene rings is 3. The monoisotopic (exact) mass is 376 g/mol. The van der Waals surface area contributed by atoms with E-state index in [0.717, 1.165) is 4.90 Å². The van der Waals surface area contributed by atoms with Crippen LogP contribution in [0.4, 0.5) is 11.4 Å². The highest BCUT2D eigenvalue weighted by atomic mass is 35.5. The SMILES string of the molecule is O=C(Nc1ccc(Cl)cc1)c1ccc(N2C(=O)c3ccccc3C2=O)cc1. The van der Waals surface area contributed by atoms with Crippen molar-refractivity contribution >= 4 is 40.7 Å². The molecular weight excluding hydrogens is 364 g/mol. The molecule has 1 N–H and O–H groups in total. The first-order chi connectivity index (χ1) is 13.0. The lowest BCUT2D eigenvalue weighted by Gasteiger charge is -2.14. The normalized spacial score (nSPS) is 12.9. The number of nitrogens with zero attached hydrogens (tertiary/aromatic N) is 1. The largest absolute Gasteiger partial charge is 0.322 e. The van der Waals surface area contributed by atoms with Crippen LogP contribution in [0.2, 0.25) is 5.02 Å². The van der Waals surface area contributed by atoms with E-state index in [0.29, 0.717) is 33.1 Å². The van der Waals surface area contributed by atoms with Crippen molar-refractivity contribution in [1.82, 2.24) is 0 Å². The fourth-order valence-corrected chi connectivity index (χ4v) is 3.05. The average Bonchev–Trinajstić information content (AvgIpc) is 2.95. The molecule has 1 heterocycles. The predicted octanol–water partition coefficient (Wildman–Crippen LogP) is 4.39. The highest BCUT2D eigenvalue weighted by molar-refractivity contribution is 6.34. The van der Waals surface area contributed by atoms with Gasteiger partial charge in [0.2, 0.25) is 0 Å². The third kappa shape index (κ3) is 3.09. The molecule has 1 aliphatic heterocycles. The zero-order valence-corrected chi connectivity index (χ0v) is 14.7. The van der Waals surface area contributed by atoms with Gasteiger partial charge in [-0.05, 0) is 60.7 Å². The van der Waals surface area contributed by atoms with Gasteiger partial charge in [-0.15, -0.1) is 0 Å². The summed E-state index contributed by atoms with van der Waals surface area (Å²) >= 11 is 5.83. The Hall–Kier alpha value is -3.44. The summed E-state index contributed by atoms with van der Waals surface area (Å²) in [5.74, 6) is -1.03. The summed E-state index contributed by atoms with van der Waals surface area (Å²) in [6.07, 6.45) is 0. The number of hydrogen-bond acceptors (Lipinski definition) is 3. The van der Waals surface area contributed by atoms with Crippen LogP contribution in [0.1, 0.15) is 31.1 Å². The number of carbonyl (C=O) groups excluding carboxylic acids is 3. The molecule has 3 aromatic rings. The fourth-order valence-electron chi connectivity index (χ4n) is 2.92. The molecular formula is C21H13ClN2O3. The van der Waals surface area contributed by atoms with E-state index in [-0.39, 0.29) is 17.7 Å². The number of amides is 3. The molecule has 0 atom stereocenters. The van der Waals surface area contributed by atoms with Gasteiger partial charge >= 0.3 is 0 Å². The highest BCUT2D eigenvalue weighted by Gasteiger charge is 2.36. The molecule has 0 aliphatic carbocycles. The van der Waals surface area contributed by atoms with Crippen molar-refractivity contribution in [3.8, 4) is 0 Å². The zero-order valence-electron chi connectivity index (χ0n) is 14.0. The molecule has 0 radical (unpaired) electrons. The van der Waals surface area contributed by atoms with Gasteiger partial charge in [-0.1, -0.05) is 23.7 Å². The summed E-state index contributed by atoms with van der Waals surface area (Å²) in [5.41, 5.74) is 2.21. The van der Waals surface area contributed by atoms with Crippen molar-refractivity contribution in [3.05, 3.63) is 94.5 Å². The maximum absolute atomic E-state index is 12.5. The van der Waals surface area contributed by atoms with Crippen molar-refractivity contribution in [3.63, 3.8) is 0 Å². The predicted molar refractivity (Wildman–Crippen MR) is 103 cm³/mol. The van der Waals surface area contributed by atoms with E-state index in [1.165, 1.54) is 0 Å². The topological polar surface area (TPSA) is 66.5 Å². The number of imide groups is 1. The lowest BCUT2D eigenvalue weighted by molar-refractivity contribution is 0.0925. The Balaban J connectivity index is 1.54. The summed E-state index contributed by atoms with van der Waals surface area (Å²) in [6, 6.07) is 19.8. The molecule has 0 saturated carbocycles. The minimum Gasteiger partial charge on any atom is -0.322 e. The molecule has 3 aromatic carbocycles. The van der Waals surface area contributed by atoms with Crippen LogP contribution in [-0.4, -0.2) is 17.7 Å². The molecule has 3 amide bonds. The van der Waals surface area contributed by atoms with Crippen LogP contribution in [0.15, 0.2) is 72.8 Å². The minimum atomic E-state index is -0.367. The van der Waals surface area contributed by atoms with Gasteiger partial charge in [-0.3, -0.25) is 14.4 Å². The Morgan fingerprint density at radius 1 is 0.778 bits per heavy atom. The third-order valence-corrected chi connectivity index (χ3v) is 4.54. The number of carbonyl (C=O) groups is 3. The van der Waals surface area contributed by atoms with Crippen LogP contribution in [0.5, 0.6) is 0 Å². The standard InChI is InChI=1S/C21H13ClN2O3/c22-14-7-9-15(10-8-14)23-19(25)13-5-11-16(12-6-13)24-20(26)17-3-1-2-4-18(17)21(24)27/h1-12H,(H,23,25). The van der Waals surface area contributed by atoms with Crippen LogP contribution in [0, 0.1) is 0 Å². The molecule has 0 aromatic heterocycles. The molecule has 0 fully saturated rings. The first-order valence-corrected chi connectivity index (χ1v) is 8.57. The van der Waals surface area contributed by atoms with E-state index < -0.39 is 0 Å². The van der Waals surface area contributed by atoms with Gasteiger partial charge in [-0.2, -0.15) is 0 Å². The number of nitrogens with one attached hydrogen (secondary N) is 1. The van der Waals surface area contributed by atoms with Gasteiger partial charge in [0, 0.05) is 16.3 Å². The second-order valence-electron chi connectivity index (χ2n) is 6.00. The van der Waals surface area contributed by atoms with Gasteiger partial charge in [0.05, 0.1) is 16.8 Å². The van der Waals surface area contributed by atoms with Crippen molar-refractivity contribution in [1.29, 1.82) is 0 Å². The lowest BCUT2D eigenvalue weighted by atomic mass is 10.1. The van der Waals surface area contributed by atoms with Crippen molar-refractivity contribution in [2.75, 3.05) is 10.2 Å². The Morgan fingerprint density at radius 2 is 1.33 bits per heavy atom. The molecule has 0 unspecified atom stereocenters. The maximum atomic E-state index is 12.5. The third-order valence-electron chi connectivity index (χ3n) is 4.28. The second-order valence-corrected chi connectivity index (χ2v) is 6.44. The quantitative estimate of drug-likeness (QED) is 0.689. The summed E-state index contributed by atoms with van der Waals surface area (Å²) in [7, 11) is 0. The van der Waals surface area contributed by atoms with E-state index in [1.54, 1.807) is 72.8 Å². The van der Waals surface area contributed by atoms with Crippen LogP contribution >= 0.6 is 11.6 Å². The molecule has 4 rings (SSSR count). The highest BCUT2D eigenvalue weighted by Crippen LogP contribution is 2.28. The molecule has 0 bridgehead atoms. The first kappa shape index (κ1) is 17.0. The van der Waals surface area contributed by atoms with Gasteiger partial charge in [-0.25, -0.2) is 4.90 Å². The second kappa shape index (κ2) is 6.70. The van der Waals surface area contributed by atoms with E-state index in [4.69, 9.17) is 11.6 Å². The van der Waals surface area contributed by atoms with Crippen molar-refractivity contribution in [2.24, 2.45) is 0 Å². The summed E-state index contributed by atoms with van der Waals surface area (Å²) in [6.45, 7) is 0. The molecule has 1 aliphatic rings. The smallest absolute Gasteiger partial charge is 0.266 e. The number of halogens is 1. The maximum Gasteiger partial charge on any atom is 0.266 e. The van der Waals surface area contributed by atoms with E-state index in [9.17, 15) is 14.4 Å². The first-order valence-electron chi connectivity index (χ1n) is 8.19. The van der Waals surface area contributed by atoms with Gasteiger partial charge in [0.1, 0.15) is 0 Å². The minimum absolute atomic E-state index is 0.300. The number of rotatable bonds is 3.